The number of halogens is 3. The molecule has 1 N–H and O–H groups in total. The van der Waals surface area contributed by atoms with E-state index in [2.05, 4.69) is 10.1 Å². The summed E-state index contributed by atoms with van der Waals surface area (Å²) in [4.78, 5) is 24.7. The number of carbonyl (C=O) groups excluding carboxylic acids is 2. The van der Waals surface area contributed by atoms with Gasteiger partial charge < -0.3 is 15.0 Å². The summed E-state index contributed by atoms with van der Waals surface area (Å²) in [6.45, 7) is 1.35. The molecule has 0 aliphatic carbocycles. The van der Waals surface area contributed by atoms with E-state index >= 15 is 0 Å². The number of anilines is 1. The van der Waals surface area contributed by atoms with Crippen LogP contribution in [0.4, 0.5) is 23.7 Å². The predicted molar refractivity (Wildman–Crippen MR) is 90.1 cm³/mol. The van der Waals surface area contributed by atoms with Gasteiger partial charge in [-0.3, -0.25) is 4.79 Å². The number of hydrogen-bond acceptors (Lipinski definition) is 3. The summed E-state index contributed by atoms with van der Waals surface area (Å²) in [5, 5.41) is 2.61. The molecule has 2 aromatic rings. The number of nitrogens with zero attached hydrogens (tertiary/aromatic N) is 1. The molecule has 2 amide bonds. The van der Waals surface area contributed by atoms with Crippen LogP contribution in [0.1, 0.15) is 22.8 Å². The summed E-state index contributed by atoms with van der Waals surface area (Å²) in [5.41, 5.74) is 1.19. The van der Waals surface area contributed by atoms with Crippen molar-refractivity contribution in [3.8, 4) is 5.75 Å². The average molecular weight is 366 g/mol. The standard InChI is InChI=1S/C18H17F3N2O3/c1-12(24)13-7-9-15(10-8-13)22-17(25)23(2)11-14-5-3-4-6-16(14)26-18(19,20)21/h3-10H,11H2,1-2H3,(H,22,25). The molecule has 0 heterocycles. The summed E-state index contributed by atoms with van der Waals surface area (Å²) in [6.07, 6.45) is -4.81. The highest BCUT2D eigenvalue weighted by Gasteiger charge is 2.32. The summed E-state index contributed by atoms with van der Waals surface area (Å²) in [5.74, 6) is -0.452. The Bertz CT molecular complexity index is 789. The maximum Gasteiger partial charge on any atom is 0.573 e. The van der Waals surface area contributed by atoms with Crippen molar-refractivity contribution in [1.29, 1.82) is 0 Å². The van der Waals surface area contributed by atoms with Gasteiger partial charge in [0.15, 0.2) is 5.78 Å². The third kappa shape index (κ3) is 5.51. The van der Waals surface area contributed by atoms with Crippen molar-refractivity contribution in [2.45, 2.75) is 19.8 Å². The predicted octanol–water partition coefficient (Wildman–Crippen LogP) is 4.45. The van der Waals surface area contributed by atoms with Crippen LogP contribution in [0.15, 0.2) is 48.5 Å². The van der Waals surface area contributed by atoms with E-state index in [1.165, 1.54) is 37.1 Å². The van der Waals surface area contributed by atoms with Crippen molar-refractivity contribution in [2.75, 3.05) is 12.4 Å². The number of ketones is 1. The molecule has 0 spiro atoms. The SMILES string of the molecule is CC(=O)c1ccc(NC(=O)N(C)Cc2ccccc2OC(F)(F)F)cc1. The van der Waals surface area contributed by atoms with Crippen LogP contribution in [0.3, 0.4) is 0 Å². The number of nitrogens with one attached hydrogen (secondary N) is 1. The Morgan fingerprint density at radius 1 is 1.08 bits per heavy atom. The van der Waals surface area contributed by atoms with Gasteiger partial charge in [0.1, 0.15) is 5.75 Å². The molecular formula is C18H17F3N2O3. The zero-order chi connectivity index (χ0) is 19.3. The van der Waals surface area contributed by atoms with Crippen LogP contribution < -0.4 is 10.1 Å². The van der Waals surface area contributed by atoms with Gasteiger partial charge >= 0.3 is 12.4 Å². The van der Waals surface area contributed by atoms with Crippen LogP contribution in [0.5, 0.6) is 5.75 Å². The molecule has 0 fully saturated rings. The first-order chi connectivity index (χ1) is 12.2. The number of amides is 2. The lowest BCUT2D eigenvalue weighted by atomic mass is 10.1. The van der Waals surface area contributed by atoms with E-state index in [-0.39, 0.29) is 23.6 Å². The van der Waals surface area contributed by atoms with Crippen LogP contribution in [0.25, 0.3) is 0 Å². The maximum absolute atomic E-state index is 12.5. The molecule has 26 heavy (non-hydrogen) atoms. The van der Waals surface area contributed by atoms with Gasteiger partial charge in [-0.05, 0) is 37.3 Å². The van der Waals surface area contributed by atoms with Crippen LogP contribution in [0.2, 0.25) is 0 Å². The number of rotatable bonds is 5. The molecule has 0 aliphatic rings. The van der Waals surface area contributed by atoms with Gasteiger partial charge in [0.05, 0.1) is 6.54 Å². The van der Waals surface area contributed by atoms with E-state index < -0.39 is 12.4 Å². The fourth-order valence-electron chi connectivity index (χ4n) is 2.19. The summed E-state index contributed by atoms with van der Waals surface area (Å²) >= 11 is 0. The molecule has 0 radical (unpaired) electrons. The number of urea groups is 1. The Kier molecular flexibility index (Phi) is 5.86. The number of alkyl halides is 3. The molecule has 2 rings (SSSR count). The lowest BCUT2D eigenvalue weighted by Crippen LogP contribution is -2.31. The largest absolute Gasteiger partial charge is 0.573 e. The number of carbonyl (C=O) groups is 2. The number of hydrogen-bond donors (Lipinski definition) is 1. The molecule has 2 aromatic carbocycles. The number of Topliss-reactive ketones (excluding diaryl/α,β-unsaturated/α-hetero) is 1. The third-order valence-electron chi connectivity index (χ3n) is 3.50. The van der Waals surface area contributed by atoms with Crippen molar-refractivity contribution >= 4 is 17.5 Å². The Morgan fingerprint density at radius 2 is 1.69 bits per heavy atom. The minimum Gasteiger partial charge on any atom is -0.405 e. The summed E-state index contributed by atoms with van der Waals surface area (Å²) < 4.78 is 41.3. The van der Waals surface area contributed by atoms with E-state index in [4.69, 9.17) is 0 Å². The molecule has 0 unspecified atom stereocenters. The molecule has 0 saturated carbocycles. The molecule has 0 aliphatic heterocycles. The van der Waals surface area contributed by atoms with Crippen molar-refractivity contribution in [3.63, 3.8) is 0 Å². The van der Waals surface area contributed by atoms with E-state index in [9.17, 15) is 22.8 Å². The van der Waals surface area contributed by atoms with Crippen molar-refractivity contribution in [1.82, 2.24) is 4.90 Å². The van der Waals surface area contributed by atoms with Gasteiger partial charge in [-0.15, -0.1) is 13.2 Å². The Hall–Kier alpha value is -3.03. The molecule has 0 aromatic heterocycles. The quantitative estimate of drug-likeness (QED) is 0.796. The van der Waals surface area contributed by atoms with E-state index in [0.717, 1.165) is 0 Å². The normalized spacial score (nSPS) is 11.0. The van der Waals surface area contributed by atoms with E-state index in [0.29, 0.717) is 11.3 Å². The number of para-hydroxylation sites is 1. The Balaban J connectivity index is 2.04. The van der Waals surface area contributed by atoms with Crippen LogP contribution in [-0.4, -0.2) is 30.1 Å². The minimum atomic E-state index is -4.81. The van der Waals surface area contributed by atoms with Crippen LogP contribution in [0, 0.1) is 0 Å². The average Bonchev–Trinajstić information content (AvgIpc) is 2.55. The first-order valence-corrected chi connectivity index (χ1v) is 7.62. The minimum absolute atomic E-state index is 0.0797. The molecule has 8 heteroatoms. The number of benzene rings is 2. The monoisotopic (exact) mass is 366 g/mol. The zero-order valence-corrected chi connectivity index (χ0v) is 14.1. The Morgan fingerprint density at radius 3 is 2.27 bits per heavy atom. The second kappa shape index (κ2) is 7.90. The van der Waals surface area contributed by atoms with Crippen LogP contribution >= 0.6 is 0 Å². The lowest BCUT2D eigenvalue weighted by Gasteiger charge is -2.20. The zero-order valence-electron chi connectivity index (χ0n) is 14.1. The van der Waals surface area contributed by atoms with Gasteiger partial charge in [-0.2, -0.15) is 0 Å². The smallest absolute Gasteiger partial charge is 0.405 e. The Labute approximate surface area is 148 Å². The van der Waals surface area contributed by atoms with E-state index in [1.807, 2.05) is 0 Å². The van der Waals surface area contributed by atoms with Gasteiger partial charge in [0.25, 0.3) is 0 Å². The van der Waals surface area contributed by atoms with Crippen molar-refractivity contribution in [3.05, 3.63) is 59.7 Å². The second-order valence-corrected chi connectivity index (χ2v) is 5.58. The highest BCUT2D eigenvalue weighted by Crippen LogP contribution is 2.27. The van der Waals surface area contributed by atoms with Gasteiger partial charge in [-0.1, -0.05) is 18.2 Å². The van der Waals surface area contributed by atoms with Gasteiger partial charge in [0, 0.05) is 23.9 Å². The molecule has 138 valence electrons. The molecular weight excluding hydrogens is 349 g/mol. The first kappa shape index (κ1) is 19.3. The maximum atomic E-state index is 12.5. The van der Waals surface area contributed by atoms with Crippen molar-refractivity contribution < 1.29 is 27.5 Å². The molecule has 0 atom stereocenters. The number of ether oxygens (including phenoxy) is 1. The van der Waals surface area contributed by atoms with Crippen LogP contribution in [-0.2, 0) is 6.54 Å². The molecule has 0 bridgehead atoms. The van der Waals surface area contributed by atoms with E-state index in [1.54, 1.807) is 30.3 Å². The summed E-state index contributed by atoms with van der Waals surface area (Å²) in [7, 11) is 1.45. The first-order valence-electron chi connectivity index (χ1n) is 7.62. The summed E-state index contributed by atoms with van der Waals surface area (Å²) in [6, 6.07) is 11.4. The van der Waals surface area contributed by atoms with Gasteiger partial charge in [0.2, 0.25) is 0 Å². The van der Waals surface area contributed by atoms with Gasteiger partial charge in [-0.25, -0.2) is 4.79 Å². The highest BCUT2D eigenvalue weighted by molar-refractivity contribution is 5.95. The highest BCUT2D eigenvalue weighted by atomic mass is 19.4. The molecule has 5 nitrogen and oxygen atoms in total. The third-order valence-corrected chi connectivity index (χ3v) is 3.50. The lowest BCUT2D eigenvalue weighted by molar-refractivity contribution is -0.275. The topological polar surface area (TPSA) is 58.6 Å². The fraction of sp³-hybridized carbons (Fsp3) is 0.222. The fourth-order valence-corrected chi connectivity index (χ4v) is 2.19. The molecule has 0 saturated heterocycles. The second-order valence-electron chi connectivity index (χ2n) is 5.58. The van der Waals surface area contributed by atoms with Crippen molar-refractivity contribution in [2.24, 2.45) is 0 Å².